The molecule has 1 aliphatic carbocycles. The van der Waals surface area contributed by atoms with Crippen LogP contribution in [0.3, 0.4) is 0 Å². The van der Waals surface area contributed by atoms with E-state index in [2.05, 4.69) is 0 Å². The number of aliphatic carboxylic acids is 2. The minimum atomic E-state index is -0.748. The van der Waals surface area contributed by atoms with E-state index in [9.17, 15) is 9.59 Å². The summed E-state index contributed by atoms with van der Waals surface area (Å²) in [6, 6.07) is 0.286. The van der Waals surface area contributed by atoms with Crippen molar-refractivity contribution in [3.8, 4) is 0 Å². The quantitative estimate of drug-likeness (QED) is 0.576. The van der Waals surface area contributed by atoms with E-state index in [0.29, 0.717) is 0 Å². The Morgan fingerprint density at radius 3 is 1.43 bits per heavy atom. The molecule has 1 fully saturated rings. The van der Waals surface area contributed by atoms with Crippen molar-refractivity contribution in [2.24, 2.45) is 0 Å². The Morgan fingerprint density at radius 2 is 1.33 bits per heavy atom. The summed E-state index contributed by atoms with van der Waals surface area (Å²) in [6.07, 6.45) is 9.79. The molecule has 0 spiro atoms. The molecule has 0 heterocycles. The third kappa shape index (κ3) is 33.2. The topological polar surface area (TPSA) is 132 Å². The molecule has 0 aromatic heterocycles. The number of nitrogens with two attached hydrogens (primary N) is 1. The van der Waals surface area contributed by atoms with Gasteiger partial charge in [-0.1, -0.05) is 32.1 Å². The molecule has 5 N–H and O–H groups in total. The van der Waals surface area contributed by atoms with Gasteiger partial charge in [-0.2, -0.15) is 23.5 Å². The van der Waals surface area contributed by atoms with E-state index in [-0.39, 0.29) is 44.8 Å². The molecule has 0 amide bonds. The molecule has 0 radical (unpaired) electrons. The van der Waals surface area contributed by atoms with Gasteiger partial charge in [-0.05, 0) is 12.5 Å². The van der Waals surface area contributed by atoms with Crippen LogP contribution in [0.25, 0.3) is 11.9 Å². The SMILES string of the molecule is CSCC(=O)O.CSCC(=O)O.[NH-]C1CCCCC1.[NH2-].[Pt+2]. The van der Waals surface area contributed by atoms with E-state index in [1.165, 1.54) is 42.8 Å². The summed E-state index contributed by atoms with van der Waals surface area (Å²) in [6.45, 7) is 0. The van der Waals surface area contributed by atoms with E-state index in [0.717, 1.165) is 12.8 Å². The van der Waals surface area contributed by atoms with E-state index in [4.69, 9.17) is 15.9 Å². The van der Waals surface area contributed by atoms with E-state index >= 15 is 0 Å². The predicted molar refractivity (Wildman–Crippen MR) is 88.5 cm³/mol. The number of nitrogens with one attached hydrogen (secondary N) is 1. The fraction of sp³-hybridized carbons (Fsp3) is 0.833. The monoisotopic (exact) mass is 521 g/mol. The first-order valence-corrected chi connectivity index (χ1v) is 8.85. The van der Waals surface area contributed by atoms with Crippen molar-refractivity contribution >= 4 is 35.5 Å². The molecule has 0 aromatic carbocycles. The van der Waals surface area contributed by atoms with Crippen LogP contribution in [0, 0.1) is 0 Å². The van der Waals surface area contributed by atoms with Crippen LogP contribution in [-0.4, -0.2) is 52.2 Å². The zero-order chi connectivity index (χ0) is 15.1. The summed E-state index contributed by atoms with van der Waals surface area (Å²) in [7, 11) is 0. The Balaban J connectivity index is -0.0000000992. The third-order valence-corrected chi connectivity index (χ3v) is 3.21. The molecule has 130 valence electrons. The van der Waals surface area contributed by atoms with Crippen LogP contribution in [-0.2, 0) is 30.7 Å². The van der Waals surface area contributed by atoms with Gasteiger partial charge in [0.15, 0.2) is 0 Å². The molecule has 0 saturated heterocycles. The average Bonchev–Trinajstić information content (AvgIpc) is 2.31. The number of hydrogen-bond donors (Lipinski definition) is 2. The average molecular weight is 522 g/mol. The van der Waals surface area contributed by atoms with E-state index < -0.39 is 11.9 Å². The minimum absolute atomic E-state index is 0. The molecule has 9 heteroatoms. The zero-order valence-electron chi connectivity index (χ0n) is 12.4. The summed E-state index contributed by atoms with van der Waals surface area (Å²) in [5, 5.41) is 15.8. The minimum Gasteiger partial charge on any atom is -0.693 e. The van der Waals surface area contributed by atoms with Crippen LogP contribution in [0.1, 0.15) is 32.1 Å². The molecular formula is C12H26N2O4PtS2. The summed E-state index contributed by atoms with van der Waals surface area (Å²) >= 11 is 2.62. The maximum atomic E-state index is 9.58. The van der Waals surface area contributed by atoms with Crippen molar-refractivity contribution in [1.82, 2.24) is 0 Å². The van der Waals surface area contributed by atoms with Crippen LogP contribution in [0.4, 0.5) is 0 Å². The molecule has 0 unspecified atom stereocenters. The largest absolute Gasteiger partial charge is 2.00 e. The second-order valence-corrected chi connectivity index (χ2v) is 5.72. The number of carbonyl (C=O) groups is 2. The smallest absolute Gasteiger partial charge is 0.693 e. The molecular weight excluding hydrogens is 495 g/mol. The second-order valence-electron chi connectivity index (χ2n) is 3.99. The third-order valence-electron chi connectivity index (χ3n) is 2.14. The van der Waals surface area contributed by atoms with Gasteiger partial charge in [-0.15, -0.1) is 6.04 Å². The number of carboxylic acid groups (broad SMARTS) is 2. The molecule has 0 aromatic rings. The molecule has 6 nitrogen and oxygen atoms in total. The van der Waals surface area contributed by atoms with Crippen molar-refractivity contribution in [3.63, 3.8) is 0 Å². The van der Waals surface area contributed by atoms with Crippen LogP contribution in [0.15, 0.2) is 0 Å². The Hall–Kier alpha value is 0.248. The first-order valence-electron chi connectivity index (χ1n) is 6.06. The molecule has 21 heavy (non-hydrogen) atoms. The van der Waals surface area contributed by atoms with Crippen molar-refractivity contribution in [3.05, 3.63) is 11.9 Å². The van der Waals surface area contributed by atoms with Crippen molar-refractivity contribution in [2.45, 2.75) is 38.1 Å². The summed E-state index contributed by atoms with van der Waals surface area (Å²) in [5.41, 5.74) is 7.27. The van der Waals surface area contributed by atoms with Gasteiger partial charge in [0.25, 0.3) is 0 Å². The van der Waals surface area contributed by atoms with Gasteiger partial charge in [-0.3, -0.25) is 9.59 Å². The zero-order valence-corrected chi connectivity index (χ0v) is 16.4. The van der Waals surface area contributed by atoms with Crippen LogP contribution >= 0.6 is 23.5 Å². The van der Waals surface area contributed by atoms with E-state index in [1.807, 2.05) is 0 Å². The second kappa shape index (κ2) is 22.5. The predicted octanol–water partition coefficient (Wildman–Crippen LogP) is 3.95. The molecule has 1 rings (SSSR count). The Morgan fingerprint density at radius 1 is 1.00 bits per heavy atom. The maximum Gasteiger partial charge on any atom is 2.00 e. The number of rotatable bonds is 4. The van der Waals surface area contributed by atoms with Gasteiger partial charge in [0, 0.05) is 0 Å². The van der Waals surface area contributed by atoms with Crippen molar-refractivity contribution in [2.75, 3.05) is 24.0 Å². The summed E-state index contributed by atoms with van der Waals surface area (Å²) in [5.74, 6) is -1.08. The first-order chi connectivity index (χ1) is 8.93. The Labute approximate surface area is 150 Å². The van der Waals surface area contributed by atoms with Gasteiger partial charge >= 0.3 is 33.0 Å². The Kier molecular flexibility index (Phi) is 31.4. The summed E-state index contributed by atoms with van der Waals surface area (Å²) in [4.78, 5) is 19.2. The molecule has 0 bridgehead atoms. The van der Waals surface area contributed by atoms with Gasteiger partial charge in [0.05, 0.1) is 11.5 Å². The van der Waals surface area contributed by atoms with Crippen LogP contribution in [0.2, 0.25) is 0 Å². The fourth-order valence-corrected chi connectivity index (χ4v) is 1.84. The number of carboxylic acids is 2. The van der Waals surface area contributed by atoms with Gasteiger partial charge < -0.3 is 22.1 Å². The molecule has 1 saturated carbocycles. The van der Waals surface area contributed by atoms with Crippen molar-refractivity contribution in [1.29, 1.82) is 0 Å². The molecule has 0 atom stereocenters. The van der Waals surface area contributed by atoms with Gasteiger partial charge in [0.1, 0.15) is 0 Å². The van der Waals surface area contributed by atoms with Crippen LogP contribution in [0.5, 0.6) is 0 Å². The fourth-order valence-electron chi connectivity index (χ4n) is 1.35. The molecule has 0 aliphatic heterocycles. The first kappa shape index (κ1) is 29.3. The maximum absolute atomic E-state index is 9.58. The number of thioether (sulfide) groups is 2. The Bertz CT molecular complexity index is 227. The van der Waals surface area contributed by atoms with Crippen molar-refractivity contribution < 1.29 is 40.9 Å². The van der Waals surface area contributed by atoms with E-state index in [1.54, 1.807) is 12.5 Å². The van der Waals surface area contributed by atoms with Crippen LogP contribution < -0.4 is 0 Å². The van der Waals surface area contributed by atoms with Gasteiger partial charge in [0.2, 0.25) is 0 Å². The summed E-state index contributed by atoms with van der Waals surface area (Å²) < 4.78 is 0. The number of hydrogen-bond acceptors (Lipinski definition) is 4. The standard InChI is InChI=1S/C6H12N.2C3H6O2S.H2N.Pt/c7-6-4-2-1-3-5-6;2*1-6-2-3(4)5;;/h6-7H,1-5H2;2*2H2,1H3,(H,4,5);1H2;/q-1;;;-1;+2. The molecule has 1 aliphatic rings. The van der Waals surface area contributed by atoms with Gasteiger partial charge in [-0.25, -0.2) is 0 Å². The normalized spacial score (nSPS) is 13.1.